The first-order chi connectivity index (χ1) is 12.9. The van der Waals surface area contributed by atoms with Gasteiger partial charge in [0.15, 0.2) is 6.61 Å². The van der Waals surface area contributed by atoms with E-state index in [1.165, 1.54) is 13.8 Å². The van der Waals surface area contributed by atoms with Gasteiger partial charge in [-0.15, -0.1) is 0 Å². The number of nitrogens with one attached hydrogen (secondary N) is 2. The van der Waals surface area contributed by atoms with Gasteiger partial charge in [0.1, 0.15) is 5.54 Å². The molecule has 0 unspecified atom stereocenters. The highest BCUT2D eigenvalue weighted by atomic mass is 19.4. The fourth-order valence-corrected chi connectivity index (χ4v) is 2.38. The zero-order valence-corrected chi connectivity index (χ0v) is 15.1. The van der Waals surface area contributed by atoms with Gasteiger partial charge in [0, 0.05) is 12.2 Å². The van der Waals surface area contributed by atoms with Crippen LogP contribution < -0.4 is 10.6 Å². The molecule has 1 aliphatic rings. The van der Waals surface area contributed by atoms with Crippen LogP contribution in [0.1, 0.15) is 25.8 Å². The molecule has 2 N–H and O–H groups in total. The molecule has 11 heteroatoms. The molecule has 1 aromatic carbocycles. The smallest absolute Gasteiger partial charge is 0.416 e. The summed E-state index contributed by atoms with van der Waals surface area (Å²) < 4.78 is 42.2. The second kappa shape index (κ2) is 7.87. The van der Waals surface area contributed by atoms with Gasteiger partial charge >= 0.3 is 18.2 Å². The number of hydrogen-bond donors (Lipinski definition) is 2. The molecule has 4 amide bonds. The number of benzene rings is 1. The zero-order valence-electron chi connectivity index (χ0n) is 15.1. The van der Waals surface area contributed by atoms with E-state index in [0.717, 1.165) is 29.2 Å². The maximum Gasteiger partial charge on any atom is 0.416 e. The summed E-state index contributed by atoms with van der Waals surface area (Å²) in [5, 5.41) is 4.74. The molecule has 2 rings (SSSR count). The van der Waals surface area contributed by atoms with Gasteiger partial charge in [-0.2, -0.15) is 13.2 Å². The molecule has 0 spiro atoms. The number of rotatable bonds is 6. The molecule has 0 saturated carbocycles. The standard InChI is InChI=1S/C17H18F3N3O5/c1-16(2)14(26)23(15(27)22-16)8-7-13(25)28-9-12(24)21-11-5-3-10(4-6-11)17(18,19)20/h3-6H,7-9H2,1-2H3,(H,21,24)(H,22,27). The van der Waals surface area contributed by atoms with Crippen LogP contribution in [0.4, 0.5) is 23.7 Å². The van der Waals surface area contributed by atoms with Crippen LogP contribution in [0.15, 0.2) is 24.3 Å². The Kier molecular flexibility index (Phi) is 5.95. The molecule has 1 saturated heterocycles. The summed E-state index contributed by atoms with van der Waals surface area (Å²) in [6, 6.07) is 3.13. The largest absolute Gasteiger partial charge is 0.456 e. The fraction of sp³-hybridized carbons (Fsp3) is 0.412. The zero-order chi connectivity index (χ0) is 21.1. The Labute approximate surface area is 158 Å². The maximum absolute atomic E-state index is 12.5. The monoisotopic (exact) mass is 401 g/mol. The normalized spacial score (nSPS) is 16.0. The molecule has 0 aliphatic carbocycles. The Balaban J connectivity index is 1.76. The van der Waals surface area contributed by atoms with E-state index in [4.69, 9.17) is 4.74 Å². The molecular formula is C17H18F3N3O5. The van der Waals surface area contributed by atoms with Gasteiger partial charge < -0.3 is 15.4 Å². The molecule has 0 aromatic heterocycles. The molecule has 1 fully saturated rings. The second-order valence-electron chi connectivity index (χ2n) is 6.55. The molecule has 152 valence electrons. The summed E-state index contributed by atoms with van der Waals surface area (Å²) in [6.45, 7) is 2.19. The van der Waals surface area contributed by atoms with Crippen LogP contribution in [0.25, 0.3) is 0 Å². The first kappa shape index (κ1) is 21.2. The van der Waals surface area contributed by atoms with Gasteiger partial charge in [-0.25, -0.2) is 4.79 Å². The van der Waals surface area contributed by atoms with Crippen LogP contribution in [0.2, 0.25) is 0 Å². The number of anilines is 1. The number of ether oxygens (including phenoxy) is 1. The predicted molar refractivity (Wildman–Crippen MR) is 90.0 cm³/mol. The average molecular weight is 401 g/mol. The van der Waals surface area contributed by atoms with Gasteiger partial charge in [0.2, 0.25) is 0 Å². The van der Waals surface area contributed by atoms with Gasteiger partial charge in [-0.05, 0) is 38.1 Å². The van der Waals surface area contributed by atoms with Crippen LogP contribution in [-0.2, 0) is 25.3 Å². The van der Waals surface area contributed by atoms with Crippen molar-refractivity contribution in [2.45, 2.75) is 32.0 Å². The van der Waals surface area contributed by atoms with Crippen LogP contribution >= 0.6 is 0 Å². The predicted octanol–water partition coefficient (Wildman–Crippen LogP) is 1.91. The van der Waals surface area contributed by atoms with Crippen LogP contribution in [-0.4, -0.2) is 47.4 Å². The van der Waals surface area contributed by atoms with E-state index >= 15 is 0 Å². The first-order valence-corrected chi connectivity index (χ1v) is 8.17. The van der Waals surface area contributed by atoms with Crippen LogP contribution in [0, 0.1) is 0 Å². The van der Waals surface area contributed by atoms with Gasteiger partial charge in [0.05, 0.1) is 12.0 Å². The number of carbonyl (C=O) groups excluding carboxylic acids is 4. The molecule has 1 aromatic rings. The summed E-state index contributed by atoms with van der Waals surface area (Å²) in [4.78, 5) is 47.9. The van der Waals surface area contributed by atoms with Gasteiger partial charge in [-0.1, -0.05) is 0 Å². The van der Waals surface area contributed by atoms with Gasteiger partial charge in [-0.3, -0.25) is 19.3 Å². The number of nitrogens with zero attached hydrogens (tertiary/aromatic N) is 1. The second-order valence-corrected chi connectivity index (χ2v) is 6.55. The van der Waals surface area contributed by atoms with Crippen molar-refractivity contribution < 1.29 is 37.1 Å². The Morgan fingerprint density at radius 3 is 2.29 bits per heavy atom. The number of urea groups is 1. The van der Waals surface area contributed by atoms with E-state index in [1.54, 1.807) is 0 Å². The molecule has 28 heavy (non-hydrogen) atoms. The number of imide groups is 1. The van der Waals surface area contributed by atoms with E-state index in [1.807, 2.05) is 0 Å². The van der Waals surface area contributed by atoms with Crippen molar-refractivity contribution in [3.05, 3.63) is 29.8 Å². The van der Waals surface area contributed by atoms with Crippen LogP contribution in [0.5, 0.6) is 0 Å². The van der Waals surface area contributed by atoms with Crippen molar-refractivity contribution in [2.24, 2.45) is 0 Å². The summed E-state index contributed by atoms with van der Waals surface area (Å²) in [7, 11) is 0. The summed E-state index contributed by atoms with van der Waals surface area (Å²) in [5.41, 5.74) is -1.81. The lowest BCUT2D eigenvalue weighted by molar-refractivity contribution is -0.147. The Bertz CT molecular complexity index is 790. The third-order valence-electron chi connectivity index (χ3n) is 3.84. The Morgan fingerprint density at radius 2 is 1.79 bits per heavy atom. The third-order valence-corrected chi connectivity index (χ3v) is 3.84. The maximum atomic E-state index is 12.5. The molecule has 0 radical (unpaired) electrons. The highest BCUT2D eigenvalue weighted by molar-refractivity contribution is 6.06. The molecule has 0 bridgehead atoms. The van der Waals surface area contributed by atoms with E-state index in [2.05, 4.69) is 10.6 Å². The number of halogens is 3. The summed E-state index contributed by atoms with van der Waals surface area (Å²) >= 11 is 0. The lowest BCUT2D eigenvalue weighted by atomic mass is 10.1. The third kappa shape index (κ3) is 5.21. The van der Waals surface area contributed by atoms with Crippen molar-refractivity contribution in [1.29, 1.82) is 0 Å². The van der Waals surface area contributed by atoms with E-state index in [-0.39, 0.29) is 18.7 Å². The summed E-state index contributed by atoms with van der Waals surface area (Å²) in [5.74, 6) is -2.04. The molecule has 1 heterocycles. The van der Waals surface area contributed by atoms with Crippen molar-refractivity contribution in [3.8, 4) is 0 Å². The molecule has 1 aliphatic heterocycles. The van der Waals surface area contributed by atoms with Crippen molar-refractivity contribution in [3.63, 3.8) is 0 Å². The quantitative estimate of drug-likeness (QED) is 0.560. The number of alkyl halides is 3. The number of amides is 4. The number of carbonyl (C=O) groups is 4. The lowest BCUT2D eigenvalue weighted by Crippen LogP contribution is -2.40. The Morgan fingerprint density at radius 1 is 1.18 bits per heavy atom. The van der Waals surface area contributed by atoms with E-state index in [9.17, 15) is 32.3 Å². The van der Waals surface area contributed by atoms with Crippen LogP contribution in [0.3, 0.4) is 0 Å². The lowest BCUT2D eigenvalue weighted by Gasteiger charge is -2.15. The minimum absolute atomic E-state index is 0.107. The highest BCUT2D eigenvalue weighted by Crippen LogP contribution is 2.29. The molecule has 0 atom stereocenters. The van der Waals surface area contributed by atoms with E-state index in [0.29, 0.717) is 0 Å². The van der Waals surface area contributed by atoms with Gasteiger partial charge in [0.25, 0.3) is 11.8 Å². The Hall–Kier alpha value is -3.11. The van der Waals surface area contributed by atoms with E-state index < -0.39 is 47.7 Å². The van der Waals surface area contributed by atoms with Crippen molar-refractivity contribution in [2.75, 3.05) is 18.5 Å². The number of esters is 1. The van der Waals surface area contributed by atoms with Crippen molar-refractivity contribution >= 4 is 29.5 Å². The topological polar surface area (TPSA) is 105 Å². The average Bonchev–Trinajstić information content (AvgIpc) is 2.78. The minimum atomic E-state index is -4.49. The fourth-order valence-electron chi connectivity index (χ4n) is 2.38. The highest BCUT2D eigenvalue weighted by Gasteiger charge is 2.44. The van der Waals surface area contributed by atoms with Crippen molar-refractivity contribution in [1.82, 2.24) is 10.2 Å². The SMILES string of the molecule is CC1(C)NC(=O)N(CCC(=O)OCC(=O)Nc2ccc(C(F)(F)F)cc2)C1=O. The molecular weight excluding hydrogens is 383 g/mol. The summed E-state index contributed by atoms with van der Waals surface area (Å²) in [6.07, 6.45) is -4.79. The number of hydrogen-bond acceptors (Lipinski definition) is 5. The first-order valence-electron chi connectivity index (χ1n) is 8.17. The minimum Gasteiger partial charge on any atom is -0.456 e. The molecule has 8 nitrogen and oxygen atoms in total.